The van der Waals surface area contributed by atoms with Crippen LogP contribution in [0.1, 0.15) is 33.6 Å². The molecule has 0 saturated carbocycles. The summed E-state index contributed by atoms with van der Waals surface area (Å²) >= 11 is 0. The summed E-state index contributed by atoms with van der Waals surface area (Å²) in [6, 6.07) is 5.30. The van der Waals surface area contributed by atoms with Gasteiger partial charge in [-0.15, -0.1) is 0 Å². The highest BCUT2D eigenvalue weighted by molar-refractivity contribution is 5.95. The summed E-state index contributed by atoms with van der Waals surface area (Å²) in [6.07, 6.45) is -2.40. The topological polar surface area (TPSA) is 85.4 Å². The first-order chi connectivity index (χ1) is 15.1. The maximum absolute atomic E-state index is 13.4. The maximum Gasteiger partial charge on any atom is 0.417 e. The van der Waals surface area contributed by atoms with Gasteiger partial charge in [0.2, 0.25) is 0 Å². The monoisotopic (exact) mass is 447 g/mol. The number of amides is 1. The lowest BCUT2D eigenvalue weighted by Gasteiger charge is -2.42. The zero-order valence-electron chi connectivity index (χ0n) is 17.9. The van der Waals surface area contributed by atoms with E-state index in [0.717, 1.165) is 6.07 Å². The Labute approximate surface area is 183 Å². The quantitative estimate of drug-likeness (QED) is 0.782. The van der Waals surface area contributed by atoms with Crippen molar-refractivity contribution in [1.29, 1.82) is 5.26 Å². The molecule has 3 heterocycles. The van der Waals surface area contributed by atoms with E-state index in [2.05, 4.69) is 5.10 Å². The van der Waals surface area contributed by atoms with Crippen molar-refractivity contribution in [2.75, 3.05) is 37.7 Å². The van der Waals surface area contributed by atoms with Crippen LogP contribution in [-0.4, -0.2) is 58.5 Å². The molecule has 0 aliphatic carbocycles. The summed E-state index contributed by atoms with van der Waals surface area (Å²) in [5.74, 6) is -0.217. The zero-order chi connectivity index (χ0) is 23.3. The van der Waals surface area contributed by atoms with Gasteiger partial charge in [0.1, 0.15) is 0 Å². The van der Waals surface area contributed by atoms with Crippen molar-refractivity contribution in [3.05, 3.63) is 46.8 Å². The Kier molecular flexibility index (Phi) is 5.41. The second kappa shape index (κ2) is 7.81. The lowest BCUT2D eigenvalue weighted by atomic mass is 9.73. The first kappa shape index (κ1) is 22.1. The summed E-state index contributed by atoms with van der Waals surface area (Å²) < 4.78 is 41.8. The molecule has 7 nitrogen and oxygen atoms in total. The van der Waals surface area contributed by atoms with E-state index in [0.29, 0.717) is 49.5 Å². The van der Waals surface area contributed by atoms with Crippen molar-refractivity contribution >= 4 is 11.6 Å². The third-order valence-electron chi connectivity index (χ3n) is 6.77. The van der Waals surface area contributed by atoms with Crippen LogP contribution >= 0.6 is 0 Å². The smallest absolute Gasteiger partial charge is 0.396 e. The fourth-order valence-corrected chi connectivity index (χ4v) is 4.96. The van der Waals surface area contributed by atoms with Crippen LogP contribution in [0.3, 0.4) is 0 Å². The highest BCUT2D eigenvalue weighted by Gasteiger charge is 2.50. The summed E-state index contributed by atoms with van der Waals surface area (Å²) in [4.78, 5) is 16.6. The van der Waals surface area contributed by atoms with Crippen LogP contribution < -0.4 is 4.90 Å². The van der Waals surface area contributed by atoms with Crippen LogP contribution in [-0.2, 0) is 13.2 Å². The Morgan fingerprint density at radius 1 is 1.38 bits per heavy atom. The minimum atomic E-state index is -4.63. The molecule has 2 atom stereocenters. The zero-order valence-corrected chi connectivity index (χ0v) is 17.9. The van der Waals surface area contributed by atoms with E-state index in [1.165, 1.54) is 12.1 Å². The molecule has 2 saturated heterocycles. The van der Waals surface area contributed by atoms with Crippen LogP contribution in [0.15, 0.2) is 24.4 Å². The number of likely N-dealkylation sites (tertiary alicyclic amines) is 1. The Morgan fingerprint density at radius 3 is 2.72 bits per heavy atom. The summed E-state index contributed by atoms with van der Waals surface area (Å²) in [7, 11) is 1.75. The number of halogens is 3. The number of benzene rings is 1. The van der Waals surface area contributed by atoms with E-state index < -0.39 is 22.7 Å². The van der Waals surface area contributed by atoms with Crippen molar-refractivity contribution in [2.45, 2.75) is 19.5 Å². The van der Waals surface area contributed by atoms with Gasteiger partial charge in [-0.05, 0) is 31.5 Å². The molecule has 0 radical (unpaired) electrons. The number of aliphatic hydroxyl groups is 1. The number of fused-ring (bicyclic) bond motifs is 1. The van der Waals surface area contributed by atoms with Gasteiger partial charge in [-0.2, -0.15) is 23.5 Å². The van der Waals surface area contributed by atoms with Crippen LogP contribution in [0.2, 0.25) is 0 Å². The third kappa shape index (κ3) is 3.71. The second-order valence-corrected chi connectivity index (χ2v) is 8.74. The van der Waals surface area contributed by atoms with Crippen LogP contribution in [0.4, 0.5) is 18.9 Å². The number of anilines is 1. The highest BCUT2D eigenvalue weighted by atomic mass is 19.4. The lowest BCUT2D eigenvalue weighted by Crippen LogP contribution is -2.50. The highest BCUT2D eigenvalue weighted by Crippen LogP contribution is 2.45. The predicted molar refractivity (Wildman–Crippen MR) is 110 cm³/mol. The standard InChI is InChI=1S/C22H24F3N5O2/c1-14-18(11-28(2)27-14)20(32)29-6-5-21(13-31)12-30(10-16(21)9-29)17-4-3-15(8-26)19(7-17)22(23,24)25/h3-4,7,11,16,31H,5-6,9-10,12-13H2,1-2H3/t16-,21+/m1/s1. The normalized spacial score (nSPS) is 23.2. The molecular weight excluding hydrogens is 423 g/mol. The van der Waals surface area contributed by atoms with Crippen LogP contribution in [0.5, 0.6) is 0 Å². The molecule has 0 unspecified atom stereocenters. The average molecular weight is 447 g/mol. The summed E-state index contributed by atoms with van der Waals surface area (Å²) in [5.41, 5.74) is -0.345. The molecule has 2 aliphatic heterocycles. The number of aryl methyl sites for hydroxylation is 2. The minimum absolute atomic E-state index is 0.0906. The molecule has 32 heavy (non-hydrogen) atoms. The number of alkyl halides is 3. The molecular formula is C22H24F3N5O2. The Morgan fingerprint density at radius 2 is 2.12 bits per heavy atom. The number of hydrogen-bond donors (Lipinski definition) is 1. The van der Waals surface area contributed by atoms with Crippen molar-refractivity contribution in [2.24, 2.45) is 18.4 Å². The van der Waals surface area contributed by atoms with Crippen LogP contribution in [0.25, 0.3) is 0 Å². The Hall–Kier alpha value is -3.06. The van der Waals surface area contributed by atoms with Crippen molar-refractivity contribution in [3.8, 4) is 6.07 Å². The molecule has 1 aromatic heterocycles. The van der Waals surface area contributed by atoms with E-state index in [4.69, 9.17) is 5.26 Å². The predicted octanol–water partition coefficient (Wildman–Crippen LogP) is 2.58. The molecule has 2 fully saturated rings. The van der Waals surface area contributed by atoms with Crippen LogP contribution in [0, 0.1) is 29.6 Å². The molecule has 4 rings (SSSR count). The number of carbonyl (C=O) groups excluding carboxylic acids is 1. The van der Waals surface area contributed by atoms with E-state index in [-0.39, 0.29) is 18.4 Å². The largest absolute Gasteiger partial charge is 0.417 e. The average Bonchev–Trinajstić information content (AvgIpc) is 3.31. The fourth-order valence-electron chi connectivity index (χ4n) is 4.96. The lowest BCUT2D eigenvalue weighted by molar-refractivity contribution is -0.137. The SMILES string of the molecule is Cc1nn(C)cc1C(=O)N1CC[C@@]2(CO)CN(c3ccc(C#N)c(C(F)(F)F)c3)C[C@H]2C1. The number of nitriles is 1. The van der Waals surface area contributed by atoms with E-state index in [9.17, 15) is 23.1 Å². The third-order valence-corrected chi connectivity index (χ3v) is 6.77. The number of aromatic nitrogens is 2. The second-order valence-electron chi connectivity index (χ2n) is 8.74. The molecule has 0 spiro atoms. The number of carbonyl (C=O) groups is 1. The molecule has 2 aliphatic rings. The first-order valence-corrected chi connectivity index (χ1v) is 10.3. The number of hydrogen-bond acceptors (Lipinski definition) is 5. The van der Waals surface area contributed by atoms with Gasteiger partial charge in [0.15, 0.2) is 0 Å². The number of rotatable bonds is 3. The number of piperidine rings is 1. The van der Waals surface area contributed by atoms with Gasteiger partial charge >= 0.3 is 6.18 Å². The minimum Gasteiger partial charge on any atom is -0.396 e. The van der Waals surface area contributed by atoms with Gasteiger partial charge < -0.3 is 14.9 Å². The van der Waals surface area contributed by atoms with E-state index in [1.54, 1.807) is 35.8 Å². The van der Waals surface area contributed by atoms with E-state index >= 15 is 0 Å². The van der Waals surface area contributed by atoms with Crippen molar-refractivity contribution < 1.29 is 23.1 Å². The Bertz CT molecular complexity index is 1090. The molecule has 10 heteroatoms. The molecule has 2 aromatic rings. The molecule has 1 N–H and O–H groups in total. The van der Waals surface area contributed by atoms with Gasteiger partial charge in [0.05, 0.1) is 35.1 Å². The number of aliphatic hydroxyl groups excluding tert-OH is 1. The molecule has 1 aromatic carbocycles. The van der Waals surface area contributed by atoms with Gasteiger partial charge in [-0.3, -0.25) is 9.48 Å². The Balaban J connectivity index is 1.58. The van der Waals surface area contributed by atoms with Gasteiger partial charge in [0, 0.05) is 56.4 Å². The first-order valence-electron chi connectivity index (χ1n) is 10.3. The molecule has 0 bridgehead atoms. The maximum atomic E-state index is 13.4. The summed E-state index contributed by atoms with van der Waals surface area (Å²) in [5, 5.41) is 23.5. The van der Waals surface area contributed by atoms with Crippen molar-refractivity contribution in [1.82, 2.24) is 14.7 Å². The molecule has 1 amide bonds. The number of nitrogens with zero attached hydrogens (tertiary/aromatic N) is 5. The van der Waals surface area contributed by atoms with Crippen molar-refractivity contribution in [3.63, 3.8) is 0 Å². The molecule has 170 valence electrons. The van der Waals surface area contributed by atoms with Gasteiger partial charge in [-0.25, -0.2) is 0 Å². The van der Waals surface area contributed by atoms with Gasteiger partial charge in [-0.1, -0.05) is 0 Å². The fraction of sp³-hybridized carbons (Fsp3) is 0.500. The van der Waals surface area contributed by atoms with E-state index in [1.807, 2.05) is 4.90 Å². The summed E-state index contributed by atoms with van der Waals surface area (Å²) in [6.45, 7) is 3.34. The van der Waals surface area contributed by atoms with Gasteiger partial charge in [0.25, 0.3) is 5.91 Å².